The fourth-order valence-corrected chi connectivity index (χ4v) is 6.96. The van der Waals surface area contributed by atoms with Gasteiger partial charge in [-0.1, -0.05) is 0 Å². The highest BCUT2D eigenvalue weighted by atomic mass is 32.2. The number of H-pyrrole nitrogens is 1. The molecule has 2 aromatic rings. The van der Waals surface area contributed by atoms with E-state index in [1.165, 1.54) is 12.8 Å². The average Bonchev–Trinajstić information content (AvgIpc) is 3.57. The molecule has 2 aliphatic carbocycles. The Morgan fingerprint density at radius 1 is 1.10 bits per heavy atom. The van der Waals surface area contributed by atoms with Crippen molar-refractivity contribution >= 4 is 15.9 Å². The highest BCUT2D eigenvalue weighted by molar-refractivity contribution is 7.90. The summed E-state index contributed by atoms with van der Waals surface area (Å²) in [6.07, 6.45) is 1.97. The van der Waals surface area contributed by atoms with Crippen LogP contribution >= 0.6 is 0 Å². The first kappa shape index (κ1) is 26.4. The number of halogens is 3. The molecule has 1 aromatic heterocycles. The van der Waals surface area contributed by atoms with Crippen molar-refractivity contribution in [3.63, 3.8) is 0 Å². The van der Waals surface area contributed by atoms with E-state index in [4.69, 9.17) is 4.74 Å². The number of sulfone groups is 1. The monoisotopic (exact) mass is 567 g/mol. The van der Waals surface area contributed by atoms with E-state index < -0.39 is 26.5 Å². The van der Waals surface area contributed by atoms with Crippen molar-refractivity contribution in [2.24, 2.45) is 11.3 Å². The molecule has 2 aliphatic heterocycles. The van der Waals surface area contributed by atoms with Crippen molar-refractivity contribution in [1.29, 1.82) is 0 Å². The van der Waals surface area contributed by atoms with Crippen LogP contribution in [0.3, 0.4) is 0 Å². The van der Waals surface area contributed by atoms with E-state index in [9.17, 15) is 26.4 Å². The van der Waals surface area contributed by atoms with Crippen LogP contribution in [-0.4, -0.2) is 78.5 Å². The number of alkyl halides is 3. The number of nitrogens with zero attached hydrogens (tertiary/aromatic N) is 4. The molecular weight excluding hydrogens is 535 g/mol. The van der Waals surface area contributed by atoms with E-state index >= 15 is 0 Å². The lowest BCUT2D eigenvalue weighted by Gasteiger charge is -2.59. The Kier molecular flexibility index (Phi) is 6.35. The summed E-state index contributed by atoms with van der Waals surface area (Å²) in [4.78, 5) is 21.0. The van der Waals surface area contributed by atoms with Gasteiger partial charge in [-0.25, -0.2) is 18.2 Å². The Bertz CT molecular complexity index is 1350. The standard InChI is InChI=1S/C26H32F3N5O4S/c1-39(36,37)21-10-19(26(27,28)29)4-5-20(21)38-13-16-6-8-33(9-7-16)24(35)34-14-25(15-34)11-18(12-25)23-30-22(31-32-23)17-2-3-17/h4-5,10,16-18H,2-3,6-9,11-15H2,1H3,(H,30,31,32). The van der Waals surface area contributed by atoms with Crippen LogP contribution in [0.15, 0.2) is 23.1 Å². The van der Waals surface area contributed by atoms with E-state index in [-0.39, 0.29) is 29.7 Å². The van der Waals surface area contributed by atoms with Gasteiger partial charge in [-0.3, -0.25) is 5.10 Å². The highest BCUT2D eigenvalue weighted by Gasteiger charge is 2.55. The smallest absolute Gasteiger partial charge is 0.416 e. The summed E-state index contributed by atoms with van der Waals surface area (Å²) >= 11 is 0. The van der Waals surface area contributed by atoms with E-state index in [1.54, 1.807) is 0 Å². The normalized spacial score (nSPS) is 22.1. The van der Waals surface area contributed by atoms with Crippen LogP contribution in [0.4, 0.5) is 18.0 Å². The molecule has 3 heterocycles. The molecule has 2 amide bonds. The number of aromatic amines is 1. The third-order valence-corrected chi connectivity index (χ3v) is 9.68. The summed E-state index contributed by atoms with van der Waals surface area (Å²) in [5, 5.41) is 7.49. The van der Waals surface area contributed by atoms with Gasteiger partial charge in [0.15, 0.2) is 15.7 Å². The first-order valence-corrected chi connectivity index (χ1v) is 15.3. The molecule has 0 unspecified atom stereocenters. The number of carbonyl (C=O) groups is 1. The summed E-state index contributed by atoms with van der Waals surface area (Å²) in [6, 6.07) is 2.55. The van der Waals surface area contributed by atoms with Crippen LogP contribution in [-0.2, 0) is 16.0 Å². The predicted octanol–water partition coefficient (Wildman–Crippen LogP) is 4.19. The number of ether oxygens (including phenoxy) is 1. The molecule has 0 radical (unpaired) electrons. The first-order valence-electron chi connectivity index (χ1n) is 13.4. The van der Waals surface area contributed by atoms with Crippen LogP contribution in [0.1, 0.15) is 67.6 Å². The minimum atomic E-state index is -4.65. The molecule has 2 saturated carbocycles. The zero-order chi connectivity index (χ0) is 27.6. The zero-order valence-corrected chi connectivity index (χ0v) is 22.5. The summed E-state index contributed by atoms with van der Waals surface area (Å²) in [5.74, 6) is 2.84. The topological polar surface area (TPSA) is 108 Å². The van der Waals surface area contributed by atoms with Gasteiger partial charge in [-0.05, 0) is 62.6 Å². The minimum absolute atomic E-state index is 0.0412. The molecule has 0 atom stereocenters. The number of nitrogens with one attached hydrogen (secondary N) is 1. The molecule has 13 heteroatoms. The molecule has 2 saturated heterocycles. The lowest BCUT2D eigenvalue weighted by molar-refractivity contribution is -0.137. The molecule has 1 spiro atoms. The van der Waals surface area contributed by atoms with Crippen molar-refractivity contribution in [2.75, 3.05) is 39.0 Å². The number of hydrogen-bond acceptors (Lipinski definition) is 6. The van der Waals surface area contributed by atoms with E-state index in [0.717, 1.165) is 56.0 Å². The zero-order valence-electron chi connectivity index (χ0n) is 21.7. The molecule has 212 valence electrons. The van der Waals surface area contributed by atoms with Gasteiger partial charge in [0, 0.05) is 49.7 Å². The molecule has 6 rings (SSSR count). The molecule has 4 fully saturated rings. The number of hydrogen-bond donors (Lipinski definition) is 1. The number of amides is 2. The Balaban J connectivity index is 0.958. The molecule has 9 nitrogen and oxygen atoms in total. The predicted molar refractivity (Wildman–Crippen MR) is 134 cm³/mol. The number of carbonyl (C=O) groups excluding carboxylic acids is 1. The fraction of sp³-hybridized carbons (Fsp3) is 0.654. The van der Waals surface area contributed by atoms with E-state index in [2.05, 4.69) is 15.2 Å². The largest absolute Gasteiger partial charge is 0.492 e. The Labute approximate surface area is 225 Å². The van der Waals surface area contributed by atoms with Crippen LogP contribution in [0, 0.1) is 11.3 Å². The van der Waals surface area contributed by atoms with Crippen molar-refractivity contribution in [3.8, 4) is 5.75 Å². The van der Waals surface area contributed by atoms with Gasteiger partial charge >= 0.3 is 12.2 Å². The van der Waals surface area contributed by atoms with Gasteiger partial charge in [-0.2, -0.15) is 18.3 Å². The number of urea groups is 1. The molecule has 1 aromatic carbocycles. The van der Waals surface area contributed by atoms with Crippen LogP contribution in [0.25, 0.3) is 0 Å². The van der Waals surface area contributed by atoms with Crippen molar-refractivity contribution < 1.29 is 31.1 Å². The molecule has 0 bridgehead atoms. The SMILES string of the molecule is CS(=O)(=O)c1cc(C(F)(F)F)ccc1OCC1CCN(C(=O)N2CC3(CC(c4n[nH]c(C5CC5)n4)C3)C2)CC1. The van der Waals surface area contributed by atoms with Crippen LogP contribution in [0.2, 0.25) is 0 Å². The quantitative estimate of drug-likeness (QED) is 0.561. The van der Waals surface area contributed by atoms with Crippen LogP contribution in [0.5, 0.6) is 5.75 Å². The van der Waals surface area contributed by atoms with E-state index in [1.807, 2.05) is 9.80 Å². The first-order chi connectivity index (χ1) is 18.4. The maximum atomic E-state index is 13.1. The Hall–Kier alpha value is -2.83. The van der Waals surface area contributed by atoms with Gasteiger partial charge in [0.25, 0.3) is 0 Å². The van der Waals surface area contributed by atoms with Crippen LogP contribution < -0.4 is 4.74 Å². The number of benzene rings is 1. The van der Waals surface area contributed by atoms with Crippen molar-refractivity contribution in [2.45, 2.75) is 61.4 Å². The van der Waals surface area contributed by atoms with Crippen molar-refractivity contribution in [1.82, 2.24) is 25.0 Å². The second-order valence-electron chi connectivity index (χ2n) is 11.8. The molecule has 39 heavy (non-hydrogen) atoms. The van der Waals surface area contributed by atoms with Gasteiger partial charge in [0.05, 0.1) is 12.2 Å². The third-order valence-electron chi connectivity index (χ3n) is 8.56. The summed E-state index contributed by atoms with van der Waals surface area (Å²) in [5.41, 5.74) is -0.848. The molecule has 4 aliphatic rings. The second kappa shape index (κ2) is 9.38. The summed E-state index contributed by atoms with van der Waals surface area (Å²) in [7, 11) is -3.91. The number of aromatic nitrogens is 3. The fourth-order valence-electron chi connectivity index (χ4n) is 6.13. The lowest BCUT2D eigenvalue weighted by Crippen LogP contribution is -2.65. The minimum Gasteiger partial charge on any atom is -0.492 e. The summed E-state index contributed by atoms with van der Waals surface area (Å²) in [6.45, 7) is 2.81. The Morgan fingerprint density at radius 3 is 2.41 bits per heavy atom. The van der Waals surface area contributed by atoms with E-state index in [0.29, 0.717) is 43.8 Å². The maximum Gasteiger partial charge on any atom is 0.416 e. The maximum absolute atomic E-state index is 13.1. The van der Waals surface area contributed by atoms with Gasteiger partial charge in [-0.15, -0.1) is 0 Å². The van der Waals surface area contributed by atoms with Gasteiger partial charge in [0.1, 0.15) is 16.5 Å². The number of piperidine rings is 1. The third kappa shape index (κ3) is 5.33. The lowest BCUT2D eigenvalue weighted by atomic mass is 9.57. The average molecular weight is 568 g/mol. The van der Waals surface area contributed by atoms with Gasteiger partial charge in [0.2, 0.25) is 0 Å². The molecule has 1 N–H and O–H groups in total. The molecular formula is C26H32F3N5O4S. The number of rotatable bonds is 6. The van der Waals surface area contributed by atoms with Gasteiger partial charge < -0.3 is 14.5 Å². The Morgan fingerprint density at radius 2 is 1.79 bits per heavy atom. The van der Waals surface area contributed by atoms with Crippen molar-refractivity contribution in [3.05, 3.63) is 35.4 Å². The number of likely N-dealkylation sites (tertiary alicyclic amines) is 2. The summed E-state index contributed by atoms with van der Waals surface area (Å²) < 4.78 is 69.0. The highest BCUT2D eigenvalue weighted by Crippen LogP contribution is 2.55. The second-order valence-corrected chi connectivity index (χ2v) is 13.8.